The Kier molecular flexibility index (Phi) is 4.24. The van der Waals surface area contributed by atoms with Crippen molar-refractivity contribution in [2.45, 2.75) is 38.1 Å². The van der Waals surface area contributed by atoms with Gasteiger partial charge in [0, 0.05) is 18.8 Å². The number of piperidine rings is 1. The van der Waals surface area contributed by atoms with Crippen LogP contribution in [0.2, 0.25) is 0 Å². The number of carbonyl (C=O) groups is 1. The molecule has 2 heterocycles. The highest BCUT2D eigenvalue weighted by Crippen LogP contribution is 2.30. The molecule has 1 N–H and O–H groups in total. The molecule has 0 unspecified atom stereocenters. The van der Waals surface area contributed by atoms with Gasteiger partial charge in [0.25, 0.3) is 0 Å². The predicted molar refractivity (Wildman–Crippen MR) is 67.1 cm³/mol. The standard InChI is InChI=1S/C13H15F3N2O3/c1-8-10(3-2-6-18(8)12(19)20)21-11-5-4-9(7-17-11)13(14,15)16/h4-5,7-8,10H,2-3,6H2,1H3,(H,19,20)/t8-,10+/m0/s1. The molecule has 2 atom stereocenters. The molecule has 0 spiro atoms. The van der Waals surface area contributed by atoms with Crippen LogP contribution in [0, 0.1) is 0 Å². The van der Waals surface area contributed by atoms with E-state index in [2.05, 4.69) is 4.98 Å². The molecule has 0 bridgehead atoms. The van der Waals surface area contributed by atoms with E-state index >= 15 is 0 Å². The molecule has 0 aliphatic carbocycles. The number of pyridine rings is 1. The lowest BCUT2D eigenvalue weighted by molar-refractivity contribution is -0.137. The van der Waals surface area contributed by atoms with Gasteiger partial charge in [-0.1, -0.05) is 0 Å². The molecule has 1 saturated heterocycles. The average Bonchev–Trinajstić information content (AvgIpc) is 2.40. The molecule has 0 radical (unpaired) electrons. The van der Waals surface area contributed by atoms with Gasteiger partial charge in [-0.05, 0) is 25.8 Å². The first kappa shape index (κ1) is 15.4. The Labute approximate surface area is 119 Å². The van der Waals surface area contributed by atoms with Crippen LogP contribution in [-0.4, -0.2) is 39.8 Å². The van der Waals surface area contributed by atoms with Gasteiger partial charge in [-0.3, -0.25) is 0 Å². The number of alkyl halides is 3. The zero-order valence-corrected chi connectivity index (χ0v) is 11.3. The second kappa shape index (κ2) is 5.79. The molecule has 1 amide bonds. The van der Waals surface area contributed by atoms with E-state index in [1.54, 1.807) is 6.92 Å². The fourth-order valence-corrected chi connectivity index (χ4v) is 2.31. The SMILES string of the molecule is C[C@H]1[C@H](Oc2ccc(C(F)(F)F)cn2)CCCN1C(=O)O. The van der Waals surface area contributed by atoms with E-state index in [0.717, 1.165) is 12.1 Å². The summed E-state index contributed by atoms with van der Waals surface area (Å²) in [5.74, 6) is 0.0621. The highest BCUT2D eigenvalue weighted by Gasteiger charge is 2.33. The maximum atomic E-state index is 12.4. The summed E-state index contributed by atoms with van der Waals surface area (Å²) < 4.78 is 42.8. The third-order valence-electron chi connectivity index (χ3n) is 3.50. The third-order valence-corrected chi connectivity index (χ3v) is 3.50. The minimum absolute atomic E-state index is 0.0621. The van der Waals surface area contributed by atoms with Gasteiger partial charge in [0.1, 0.15) is 6.10 Å². The lowest BCUT2D eigenvalue weighted by Crippen LogP contribution is -2.50. The number of likely N-dealkylation sites (tertiary alicyclic amines) is 1. The fourth-order valence-electron chi connectivity index (χ4n) is 2.31. The van der Waals surface area contributed by atoms with Gasteiger partial charge in [-0.2, -0.15) is 13.2 Å². The number of halogens is 3. The van der Waals surface area contributed by atoms with Crippen molar-refractivity contribution in [1.29, 1.82) is 0 Å². The molecular weight excluding hydrogens is 289 g/mol. The zero-order valence-electron chi connectivity index (χ0n) is 11.3. The molecule has 0 saturated carbocycles. The zero-order chi connectivity index (χ0) is 15.6. The summed E-state index contributed by atoms with van der Waals surface area (Å²) in [5, 5.41) is 9.05. The lowest BCUT2D eigenvalue weighted by atomic mass is 10.0. The molecule has 0 aromatic carbocycles. The van der Waals surface area contributed by atoms with Gasteiger partial charge in [-0.25, -0.2) is 9.78 Å². The predicted octanol–water partition coefficient (Wildman–Crippen LogP) is 3.01. The maximum absolute atomic E-state index is 12.4. The van der Waals surface area contributed by atoms with E-state index in [-0.39, 0.29) is 11.9 Å². The van der Waals surface area contributed by atoms with E-state index in [1.165, 1.54) is 4.90 Å². The number of rotatable bonds is 2. The van der Waals surface area contributed by atoms with Crippen molar-refractivity contribution in [3.05, 3.63) is 23.9 Å². The van der Waals surface area contributed by atoms with Crippen LogP contribution in [0.5, 0.6) is 5.88 Å². The number of carboxylic acid groups (broad SMARTS) is 1. The summed E-state index contributed by atoms with van der Waals surface area (Å²) in [6, 6.07) is 1.67. The smallest absolute Gasteiger partial charge is 0.417 e. The first-order valence-electron chi connectivity index (χ1n) is 6.48. The van der Waals surface area contributed by atoms with Crippen LogP contribution >= 0.6 is 0 Å². The minimum Gasteiger partial charge on any atom is -0.472 e. The topological polar surface area (TPSA) is 62.7 Å². The van der Waals surface area contributed by atoms with Crippen molar-refractivity contribution in [2.24, 2.45) is 0 Å². The van der Waals surface area contributed by atoms with Crippen LogP contribution in [-0.2, 0) is 6.18 Å². The van der Waals surface area contributed by atoms with E-state index in [9.17, 15) is 18.0 Å². The van der Waals surface area contributed by atoms with Crippen LogP contribution in [0.4, 0.5) is 18.0 Å². The highest BCUT2D eigenvalue weighted by molar-refractivity contribution is 5.65. The quantitative estimate of drug-likeness (QED) is 0.912. The van der Waals surface area contributed by atoms with Gasteiger partial charge >= 0.3 is 12.3 Å². The summed E-state index contributed by atoms with van der Waals surface area (Å²) in [7, 11) is 0. The lowest BCUT2D eigenvalue weighted by Gasteiger charge is -2.37. The number of amides is 1. The van der Waals surface area contributed by atoms with Crippen molar-refractivity contribution in [1.82, 2.24) is 9.88 Å². The Hall–Kier alpha value is -1.99. The Balaban J connectivity index is 2.05. The van der Waals surface area contributed by atoms with Crippen LogP contribution < -0.4 is 4.74 Å². The van der Waals surface area contributed by atoms with E-state index < -0.39 is 23.9 Å². The Morgan fingerprint density at radius 3 is 2.71 bits per heavy atom. The van der Waals surface area contributed by atoms with Gasteiger partial charge in [0.15, 0.2) is 0 Å². The monoisotopic (exact) mass is 304 g/mol. The van der Waals surface area contributed by atoms with Crippen molar-refractivity contribution in [3.63, 3.8) is 0 Å². The minimum atomic E-state index is -4.44. The van der Waals surface area contributed by atoms with E-state index in [0.29, 0.717) is 25.6 Å². The van der Waals surface area contributed by atoms with Crippen LogP contribution in [0.3, 0.4) is 0 Å². The number of aromatic nitrogens is 1. The summed E-state index contributed by atoms with van der Waals surface area (Å²) in [6.45, 7) is 2.14. The van der Waals surface area contributed by atoms with Crippen molar-refractivity contribution < 1.29 is 27.8 Å². The molecule has 1 aromatic heterocycles. The molecule has 1 aliphatic rings. The summed E-state index contributed by atoms with van der Waals surface area (Å²) in [5.41, 5.74) is -0.848. The third kappa shape index (κ3) is 3.56. The summed E-state index contributed by atoms with van der Waals surface area (Å²) in [4.78, 5) is 15.9. The van der Waals surface area contributed by atoms with Gasteiger partial charge < -0.3 is 14.7 Å². The second-order valence-electron chi connectivity index (χ2n) is 4.90. The average molecular weight is 304 g/mol. The van der Waals surface area contributed by atoms with Gasteiger partial charge in [-0.15, -0.1) is 0 Å². The Morgan fingerprint density at radius 1 is 1.48 bits per heavy atom. The number of nitrogens with zero attached hydrogens (tertiary/aromatic N) is 2. The van der Waals surface area contributed by atoms with Crippen LogP contribution in [0.1, 0.15) is 25.3 Å². The molecule has 116 valence electrons. The van der Waals surface area contributed by atoms with Crippen molar-refractivity contribution in [3.8, 4) is 5.88 Å². The fraction of sp³-hybridized carbons (Fsp3) is 0.538. The van der Waals surface area contributed by atoms with Crippen molar-refractivity contribution >= 4 is 6.09 Å². The molecule has 1 fully saturated rings. The molecule has 8 heteroatoms. The molecule has 1 aromatic rings. The summed E-state index contributed by atoms with van der Waals surface area (Å²) in [6.07, 6.45) is -3.91. The first-order valence-corrected chi connectivity index (χ1v) is 6.48. The van der Waals surface area contributed by atoms with Gasteiger partial charge in [0.2, 0.25) is 5.88 Å². The molecule has 21 heavy (non-hydrogen) atoms. The van der Waals surface area contributed by atoms with Crippen molar-refractivity contribution in [2.75, 3.05) is 6.54 Å². The first-order chi connectivity index (χ1) is 9.79. The second-order valence-corrected chi connectivity index (χ2v) is 4.90. The Morgan fingerprint density at radius 2 is 2.19 bits per heavy atom. The largest absolute Gasteiger partial charge is 0.472 e. The number of hydrogen-bond donors (Lipinski definition) is 1. The van der Waals surface area contributed by atoms with Gasteiger partial charge in [0.05, 0.1) is 11.6 Å². The number of hydrogen-bond acceptors (Lipinski definition) is 3. The van der Waals surface area contributed by atoms with Crippen LogP contribution in [0.15, 0.2) is 18.3 Å². The Bertz CT molecular complexity index is 504. The van der Waals surface area contributed by atoms with Crippen LogP contribution in [0.25, 0.3) is 0 Å². The molecular formula is C13H15F3N2O3. The van der Waals surface area contributed by atoms with E-state index in [4.69, 9.17) is 9.84 Å². The molecule has 1 aliphatic heterocycles. The molecule has 5 nitrogen and oxygen atoms in total. The number of ether oxygens (including phenoxy) is 1. The van der Waals surface area contributed by atoms with E-state index in [1.807, 2.05) is 0 Å². The molecule has 2 rings (SSSR count). The maximum Gasteiger partial charge on any atom is 0.417 e. The highest BCUT2D eigenvalue weighted by atomic mass is 19.4. The normalized spacial score (nSPS) is 23.0. The summed E-state index contributed by atoms with van der Waals surface area (Å²) >= 11 is 0.